The van der Waals surface area contributed by atoms with Crippen LogP contribution in [0.5, 0.6) is 0 Å². The predicted octanol–water partition coefficient (Wildman–Crippen LogP) is 5.96. The molecule has 4 rings (SSSR count). The number of nitrogens with zero attached hydrogens (tertiary/aromatic N) is 1. The summed E-state index contributed by atoms with van der Waals surface area (Å²) in [4.78, 5) is 6.19. The zero-order chi connectivity index (χ0) is 19.6. The van der Waals surface area contributed by atoms with Gasteiger partial charge in [0.25, 0.3) is 0 Å². The molecule has 1 heterocycles. The van der Waals surface area contributed by atoms with E-state index < -0.39 is 0 Å². The maximum Gasteiger partial charge on any atom is 0.107 e. The van der Waals surface area contributed by atoms with Crippen molar-refractivity contribution in [2.75, 3.05) is 6.54 Å². The summed E-state index contributed by atoms with van der Waals surface area (Å²) in [5, 5.41) is 4.89. The summed E-state index contributed by atoms with van der Waals surface area (Å²) >= 11 is 1.80. The lowest BCUT2D eigenvalue weighted by Gasteiger charge is -2.29. The van der Waals surface area contributed by atoms with Gasteiger partial charge in [0, 0.05) is 23.5 Å². The number of aryl methyl sites for hydroxylation is 1. The minimum atomic E-state index is 0.240. The molecule has 0 saturated heterocycles. The zero-order valence-electron chi connectivity index (χ0n) is 16.8. The number of fused-ring (bicyclic) bond motifs is 1. The number of benzene rings is 2. The van der Waals surface area contributed by atoms with Gasteiger partial charge in [-0.05, 0) is 49.7 Å². The van der Waals surface area contributed by atoms with Crippen molar-refractivity contribution in [2.45, 2.75) is 39.7 Å². The first kappa shape index (κ1) is 19.1. The van der Waals surface area contributed by atoms with Crippen LogP contribution < -0.4 is 5.32 Å². The molecule has 0 amide bonds. The van der Waals surface area contributed by atoms with Crippen molar-refractivity contribution in [3.63, 3.8) is 0 Å². The lowest BCUT2D eigenvalue weighted by molar-refractivity contribution is 0.284. The van der Waals surface area contributed by atoms with Crippen LogP contribution in [-0.2, 0) is 19.4 Å². The minimum absolute atomic E-state index is 0.240. The van der Waals surface area contributed by atoms with Gasteiger partial charge in [0.2, 0.25) is 0 Å². The molecule has 1 aromatic heterocycles. The molecular weight excluding hydrogens is 360 g/mol. The molecule has 0 atom stereocenters. The number of thiazole rings is 1. The summed E-state index contributed by atoms with van der Waals surface area (Å²) in [5.74, 6) is 0. The smallest absolute Gasteiger partial charge is 0.107 e. The summed E-state index contributed by atoms with van der Waals surface area (Å²) in [5.41, 5.74) is 6.83. The van der Waals surface area contributed by atoms with E-state index in [2.05, 4.69) is 74.3 Å². The highest BCUT2D eigenvalue weighted by atomic mass is 32.1. The van der Waals surface area contributed by atoms with E-state index >= 15 is 0 Å². The van der Waals surface area contributed by atoms with E-state index in [4.69, 9.17) is 4.98 Å². The van der Waals surface area contributed by atoms with Gasteiger partial charge in [0.05, 0.1) is 5.69 Å². The van der Waals surface area contributed by atoms with Crippen molar-refractivity contribution < 1.29 is 0 Å². The number of rotatable bonds is 7. The average molecular weight is 389 g/mol. The Labute approximate surface area is 172 Å². The van der Waals surface area contributed by atoms with Crippen LogP contribution in [-0.4, -0.2) is 11.5 Å². The van der Waals surface area contributed by atoms with E-state index in [1.807, 2.05) is 6.07 Å². The van der Waals surface area contributed by atoms with E-state index in [0.29, 0.717) is 0 Å². The standard InChI is InChI=1S/C25H28N2S/c1-18(2)13-25(14-21-11-7-8-12-22(21)15-25)17-26-16-23-27-24(19(3)28-23)20-9-5-4-6-10-20/h4-12,26H,1,13-17H2,2-3H3. The molecule has 1 aliphatic carbocycles. The molecule has 3 heteroatoms. The summed E-state index contributed by atoms with van der Waals surface area (Å²) in [6, 6.07) is 19.4. The molecule has 2 aromatic carbocycles. The third-order valence-corrected chi connectivity index (χ3v) is 6.56. The second-order valence-corrected chi connectivity index (χ2v) is 9.53. The van der Waals surface area contributed by atoms with Gasteiger partial charge in [-0.25, -0.2) is 4.98 Å². The topological polar surface area (TPSA) is 24.9 Å². The second kappa shape index (κ2) is 8.02. The molecule has 0 bridgehead atoms. The van der Waals surface area contributed by atoms with Crippen molar-refractivity contribution in [1.82, 2.24) is 10.3 Å². The third kappa shape index (κ3) is 4.11. The molecule has 0 fully saturated rings. The van der Waals surface area contributed by atoms with Crippen LogP contribution in [0.2, 0.25) is 0 Å². The van der Waals surface area contributed by atoms with Crippen LogP contribution in [0.4, 0.5) is 0 Å². The van der Waals surface area contributed by atoms with Crippen LogP contribution in [0.1, 0.15) is 34.4 Å². The maximum absolute atomic E-state index is 4.91. The van der Waals surface area contributed by atoms with Crippen LogP contribution in [0, 0.1) is 12.3 Å². The minimum Gasteiger partial charge on any atom is -0.310 e. The zero-order valence-corrected chi connectivity index (χ0v) is 17.6. The fourth-order valence-electron chi connectivity index (χ4n) is 4.55. The Bertz CT molecular complexity index is 946. The lowest BCUT2D eigenvalue weighted by atomic mass is 9.79. The highest BCUT2D eigenvalue weighted by Crippen LogP contribution is 2.41. The first-order valence-electron chi connectivity index (χ1n) is 9.98. The van der Waals surface area contributed by atoms with E-state index in [0.717, 1.165) is 43.1 Å². The van der Waals surface area contributed by atoms with Gasteiger partial charge in [-0.15, -0.1) is 17.9 Å². The number of allylic oxidation sites excluding steroid dienone is 1. The average Bonchev–Trinajstić information content (AvgIpc) is 3.21. The second-order valence-electron chi connectivity index (χ2n) is 8.24. The van der Waals surface area contributed by atoms with Crippen molar-refractivity contribution in [2.24, 2.45) is 5.41 Å². The van der Waals surface area contributed by atoms with Gasteiger partial charge >= 0.3 is 0 Å². The molecule has 0 aliphatic heterocycles. The molecule has 2 nitrogen and oxygen atoms in total. The van der Waals surface area contributed by atoms with Crippen molar-refractivity contribution >= 4 is 11.3 Å². The van der Waals surface area contributed by atoms with Crippen LogP contribution in [0.3, 0.4) is 0 Å². The number of aromatic nitrogens is 1. The van der Waals surface area contributed by atoms with E-state index in [9.17, 15) is 0 Å². The highest BCUT2D eigenvalue weighted by molar-refractivity contribution is 7.12. The van der Waals surface area contributed by atoms with Gasteiger partial charge in [-0.1, -0.05) is 60.2 Å². The molecule has 0 saturated carbocycles. The summed E-state index contributed by atoms with van der Waals surface area (Å²) < 4.78 is 0. The van der Waals surface area contributed by atoms with Crippen molar-refractivity contribution in [3.05, 3.63) is 87.8 Å². The molecule has 144 valence electrons. The molecule has 1 N–H and O–H groups in total. The van der Waals surface area contributed by atoms with Gasteiger partial charge in [0.15, 0.2) is 0 Å². The van der Waals surface area contributed by atoms with E-state index in [1.165, 1.54) is 27.1 Å². The first-order chi connectivity index (χ1) is 13.5. The monoisotopic (exact) mass is 388 g/mol. The van der Waals surface area contributed by atoms with Gasteiger partial charge in [0.1, 0.15) is 5.01 Å². The Morgan fingerprint density at radius 1 is 1.07 bits per heavy atom. The maximum atomic E-state index is 4.91. The van der Waals surface area contributed by atoms with E-state index in [1.54, 1.807) is 11.3 Å². The van der Waals surface area contributed by atoms with E-state index in [-0.39, 0.29) is 5.41 Å². The normalized spacial score (nSPS) is 14.8. The third-order valence-electron chi connectivity index (χ3n) is 5.59. The highest BCUT2D eigenvalue weighted by Gasteiger charge is 2.36. The van der Waals surface area contributed by atoms with Crippen LogP contribution >= 0.6 is 11.3 Å². The largest absolute Gasteiger partial charge is 0.310 e. The molecule has 0 spiro atoms. The molecule has 1 aliphatic rings. The molecule has 28 heavy (non-hydrogen) atoms. The Morgan fingerprint density at radius 3 is 2.36 bits per heavy atom. The first-order valence-corrected chi connectivity index (χ1v) is 10.8. The lowest BCUT2D eigenvalue weighted by Crippen LogP contribution is -2.35. The summed E-state index contributed by atoms with van der Waals surface area (Å²) in [6.07, 6.45) is 3.34. The predicted molar refractivity (Wildman–Crippen MR) is 120 cm³/mol. The van der Waals surface area contributed by atoms with Crippen LogP contribution in [0.25, 0.3) is 11.3 Å². The summed E-state index contributed by atoms with van der Waals surface area (Å²) in [6.45, 7) is 10.3. The van der Waals surface area contributed by atoms with Crippen LogP contribution in [0.15, 0.2) is 66.7 Å². The SMILES string of the molecule is C=C(C)CC1(CNCc2nc(-c3ccccc3)c(C)s2)Cc2ccccc2C1. The Hall–Kier alpha value is -2.23. The van der Waals surface area contributed by atoms with Crippen molar-refractivity contribution in [1.29, 1.82) is 0 Å². The number of hydrogen-bond donors (Lipinski definition) is 1. The van der Waals surface area contributed by atoms with Gasteiger partial charge in [-0.3, -0.25) is 0 Å². The Balaban J connectivity index is 1.44. The number of hydrogen-bond acceptors (Lipinski definition) is 3. The summed E-state index contributed by atoms with van der Waals surface area (Å²) in [7, 11) is 0. The molecule has 3 aromatic rings. The van der Waals surface area contributed by atoms with Gasteiger partial charge < -0.3 is 5.32 Å². The number of nitrogens with one attached hydrogen (secondary N) is 1. The van der Waals surface area contributed by atoms with Gasteiger partial charge in [-0.2, -0.15) is 0 Å². The van der Waals surface area contributed by atoms with Crippen molar-refractivity contribution in [3.8, 4) is 11.3 Å². The molecule has 0 radical (unpaired) electrons. The Morgan fingerprint density at radius 2 is 1.71 bits per heavy atom. The fraction of sp³-hybridized carbons (Fsp3) is 0.320. The molecular formula is C25H28N2S. The quantitative estimate of drug-likeness (QED) is 0.505. The molecule has 0 unspecified atom stereocenters. The fourth-order valence-corrected chi connectivity index (χ4v) is 5.48. The Kier molecular flexibility index (Phi) is 5.47.